The fraction of sp³-hybridized carbons (Fsp3) is 0.267. The highest BCUT2D eigenvalue weighted by atomic mass is 19.1. The van der Waals surface area contributed by atoms with Crippen LogP contribution in [-0.4, -0.2) is 55.7 Å². The minimum Gasteiger partial charge on any atom is -0.494 e. The minimum atomic E-state index is -1.11. The Morgan fingerprint density at radius 1 is 1.07 bits per heavy atom. The van der Waals surface area contributed by atoms with Gasteiger partial charge in [-0.05, 0) is 48.4 Å². The lowest BCUT2D eigenvalue weighted by Crippen LogP contribution is -2.09. The van der Waals surface area contributed by atoms with Crippen molar-refractivity contribution >= 4 is 17.0 Å². The number of carboxylic acid groups (broad SMARTS) is 1. The number of imidazole rings is 1. The molecule has 0 amide bonds. The molecule has 0 bridgehead atoms. The summed E-state index contributed by atoms with van der Waals surface area (Å²) in [4.78, 5) is 20.3. The van der Waals surface area contributed by atoms with Crippen molar-refractivity contribution in [2.75, 3.05) is 20.3 Å². The molecule has 1 aliphatic heterocycles. The lowest BCUT2D eigenvalue weighted by Gasteiger charge is -2.10. The van der Waals surface area contributed by atoms with Gasteiger partial charge in [-0.1, -0.05) is 6.07 Å². The van der Waals surface area contributed by atoms with Gasteiger partial charge in [0.15, 0.2) is 0 Å². The molecule has 0 radical (unpaired) electrons. The van der Waals surface area contributed by atoms with E-state index in [1.807, 2.05) is 6.07 Å². The van der Waals surface area contributed by atoms with E-state index >= 15 is 8.78 Å². The van der Waals surface area contributed by atoms with Gasteiger partial charge in [-0.3, -0.25) is 4.68 Å². The third-order valence-corrected chi connectivity index (χ3v) is 6.71. The van der Waals surface area contributed by atoms with Gasteiger partial charge < -0.3 is 23.9 Å². The second-order valence-corrected chi connectivity index (χ2v) is 9.64. The first-order valence-corrected chi connectivity index (χ1v) is 13.1. The number of rotatable bonds is 8. The zero-order chi connectivity index (χ0) is 29.8. The van der Waals surface area contributed by atoms with Crippen molar-refractivity contribution in [2.24, 2.45) is 14.1 Å². The molecular formula is C30H29F2N5O5. The quantitative estimate of drug-likeness (QED) is 0.276. The van der Waals surface area contributed by atoms with E-state index in [0.29, 0.717) is 22.6 Å². The predicted octanol–water partition coefficient (Wildman–Crippen LogP) is 4.93. The Bertz CT molecular complexity index is 1740. The average molecular weight is 578 g/mol. The number of aryl methyl sites for hydroxylation is 2. The molecule has 1 N–H and O–H groups in total. The number of ether oxygens (including phenoxy) is 3. The number of carboxylic acids is 1. The number of halogens is 2. The number of aromatic carboxylic acids is 1. The van der Waals surface area contributed by atoms with Crippen LogP contribution in [0.1, 0.15) is 33.9 Å². The van der Waals surface area contributed by atoms with E-state index < -0.39 is 17.6 Å². The summed E-state index contributed by atoms with van der Waals surface area (Å²) >= 11 is 0. The summed E-state index contributed by atoms with van der Waals surface area (Å²) < 4.78 is 49.4. The second kappa shape index (κ2) is 12.4. The van der Waals surface area contributed by atoms with E-state index in [1.54, 1.807) is 47.7 Å². The van der Waals surface area contributed by atoms with E-state index in [4.69, 9.17) is 14.2 Å². The molecule has 0 unspecified atom stereocenters. The molecule has 5 aromatic rings. The van der Waals surface area contributed by atoms with Crippen LogP contribution in [-0.2, 0) is 31.9 Å². The van der Waals surface area contributed by atoms with Gasteiger partial charge in [0.1, 0.15) is 35.3 Å². The van der Waals surface area contributed by atoms with Crippen LogP contribution >= 0.6 is 0 Å². The molecule has 1 saturated heterocycles. The van der Waals surface area contributed by atoms with Crippen molar-refractivity contribution in [3.63, 3.8) is 0 Å². The fourth-order valence-electron chi connectivity index (χ4n) is 4.31. The number of carbonyl (C=O) groups is 1. The zero-order valence-corrected chi connectivity index (χ0v) is 23.3. The number of nitrogens with zero attached hydrogens (tertiary/aromatic N) is 5. The van der Waals surface area contributed by atoms with Crippen LogP contribution in [0.5, 0.6) is 11.6 Å². The Hall–Kier alpha value is -4.84. The standard InChI is InChI=1S/C27H23F2N5O4.C3H6O/c1-33-8-7-17(32-33)14-38-25-6-4-5-21(30-25)18-13-19(28)15(9-20(18)29)12-24-31-26-22(34(24)2)10-16(27(35)36)11-23(26)37-3;1-2-4-3-1/h4-11,13H,12,14H2,1-3H3,(H,35,36);1-3H2. The van der Waals surface area contributed by atoms with E-state index in [-0.39, 0.29) is 47.0 Å². The average Bonchev–Trinajstić information content (AvgIpc) is 3.50. The predicted molar refractivity (Wildman–Crippen MR) is 150 cm³/mol. The second-order valence-electron chi connectivity index (χ2n) is 9.64. The van der Waals surface area contributed by atoms with Gasteiger partial charge in [0, 0.05) is 51.6 Å². The molecule has 1 fully saturated rings. The Balaban J connectivity index is 0.000000813. The highest BCUT2D eigenvalue weighted by Gasteiger charge is 2.19. The molecule has 0 atom stereocenters. The first kappa shape index (κ1) is 28.7. The number of hydrogen-bond acceptors (Lipinski definition) is 7. The SMILES string of the molecule is C1COC1.COc1cc(C(=O)O)cc2c1nc(Cc1cc(F)c(-c3cccc(OCc4ccn(C)n4)n3)cc1F)n2C. The molecule has 4 heterocycles. The smallest absolute Gasteiger partial charge is 0.335 e. The van der Waals surface area contributed by atoms with Gasteiger partial charge in [0.2, 0.25) is 5.88 Å². The summed E-state index contributed by atoms with van der Waals surface area (Å²) in [7, 11) is 4.89. The number of benzene rings is 2. The largest absolute Gasteiger partial charge is 0.494 e. The fourth-order valence-corrected chi connectivity index (χ4v) is 4.31. The third kappa shape index (κ3) is 6.23. The van der Waals surface area contributed by atoms with Crippen molar-refractivity contribution in [2.45, 2.75) is 19.4 Å². The van der Waals surface area contributed by atoms with Gasteiger partial charge in [0.25, 0.3) is 0 Å². The number of hydrogen-bond donors (Lipinski definition) is 1. The van der Waals surface area contributed by atoms with Gasteiger partial charge >= 0.3 is 5.97 Å². The summed E-state index contributed by atoms with van der Waals surface area (Å²) in [6.07, 6.45) is 3.04. The van der Waals surface area contributed by atoms with Crippen molar-refractivity contribution in [3.05, 3.63) is 89.0 Å². The van der Waals surface area contributed by atoms with Gasteiger partial charge in [0.05, 0.1) is 29.6 Å². The summed E-state index contributed by atoms with van der Waals surface area (Å²) in [5, 5.41) is 13.6. The highest BCUT2D eigenvalue weighted by molar-refractivity contribution is 5.95. The van der Waals surface area contributed by atoms with Crippen LogP contribution in [0.4, 0.5) is 8.78 Å². The summed E-state index contributed by atoms with van der Waals surface area (Å²) in [6.45, 7) is 2.18. The molecule has 10 nitrogen and oxygen atoms in total. The maximum Gasteiger partial charge on any atom is 0.335 e. The number of methoxy groups -OCH3 is 1. The molecule has 2 aromatic carbocycles. The van der Waals surface area contributed by atoms with Gasteiger partial charge in [-0.2, -0.15) is 5.10 Å². The Morgan fingerprint density at radius 3 is 2.48 bits per heavy atom. The third-order valence-electron chi connectivity index (χ3n) is 6.71. The summed E-state index contributed by atoms with van der Waals surface area (Å²) in [5.41, 5.74) is 1.97. The van der Waals surface area contributed by atoms with E-state index in [0.717, 1.165) is 25.3 Å². The molecule has 42 heavy (non-hydrogen) atoms. The molecule has 6 rings (SSSR count). The van der Waals surface area contributed by atoms with Gasteiger partial charge in [-0.15, -0.1) is 0 Å². The van der Waals surface area contributed by atoms with Gasteiger partial charge in [-0.25, -0.2) is 23.5 Å². The molecule has 0 saturated carbocycles. The van der Waals surface area contributed by atoms with Crippen LogP contribution < -0.4 is 9.47 Å². The molecule has 3 aromatic heterocycles. The van der Waals surface area contributed by atoms with Crippen LogP contribution in [0.3, 0.4) is 0 Å². The van der Waals surface area contributed by atoms with Crippen LogP contribution in [0.2, 0.25) is 0 Å². The van der Waals surface area contributed by atoms with Crippen molar-refractivity contribution in [1.29, 1.82) is 0 Å². The number of aromatic nitrogens is 5. The Kier molecular flexibility index (Phi) is 8.43. The normalized spacial score (nSPS) is 12.4. The molecule has 12 heteroatoms. The maximum absolute atomic E-state index is 15.2. The van der Waals surface area contributed by atoms with Crippen molar-refractivity contribution < 1.29 is 32.9 Å². The number of pyridine rings is 1. The monoisotopic (exact) mass is 577 g/mol. The van der Waals surface area contributed by atoms with Crippen LogP contribution in [0.15, 0.2) is 54.7 Å². The minimum absolute atomic E-state index is 0.00712. The van der Waals surface area contributed by atoms with Crippen LogP contribution in [0, 0.1) is 11.6 Å². The molecule has 1 aliphatic rings. The lowest BCUT2D eigenvalue weighted by atomic mass is 10.0. The summed E-state index contributed by atoms with van der Waals surface area (Å²) in [6, 6.07) is 11.7. The summed E-state index contributed by atoms with van der Waals surface area (Å²) in [5.74, 6) is -1.45. The van der Waals surface area contributed by atoms with Crippen molar-refractivity contribution in [1.82, 2.24) is 24.3 Å². The van der Waals surface area contributed by atoms with Crippen LogP contribution in [0.25, 0.3) is 22.3 Å². The molecule has 0 aliphatic carbocycles. The lowest BCUT2D eigenvalue weighted by molar-refractivity contribution is 0.0367. The molecule has 218 valence electrons. The first-order chi connectivity index (χ1) is 20.2. The Morgan fingerprint density at radius 2 is 1.83 bits per heavy atom. The topological polar surface area (TPSA) is 114 Å². The van der Waals surface area contributed by atoms with E-state index in [2.05, 4.69) is 15.1 Å². The molecular weight excluding hydrogens is 548 g/mol. The number of fused-ring (bicyclic) bond motifs is 1. The maximum atomic E-state index is 15.2. The first-order valence-electron chi connectivity index (χ1n) is 13.1. The Labute approximate surface area is 240 Å². The van der Waals surface area contributed by atoms with E-state index in [1.165, 1.54) is 25.7 Å². The molecule has 0 spiro atoms. The zero-order valence-electron chi connectivity index (χ0n) is 23.3. The van der Waals surface area contributed by atoms with Crippen molar-refractivity contribution in [3.8, 4) is 22.9 Å². The van der Waals surface area contributed by atoms with E-state index in [9.17, 15) is 9.90 Å². The highest BCUT2D eigenvalue weighted by Crippen LogP contribution is 2.30.